The topological polar surface area (TPSA) is 140 Å². The van der Waals surface area contributed by atoms with Crippen LogP contribution in [0.25, 0.3) is 10.9 Å². The van der Waals surface area contributed by atoms with E-state index in [0.717, 1.165) is 25.1 Å². The van der Waals surface area contributed by atoms with E-state index in [1.165, 1.54) is 44.8 Å². The van der Waals surface area contributed by atoms with Gasteiger partial charge in [0.2, 0.25) is 0 Å². The molecule has 1 aliphatic rings. The van der Waals surface area contributed by atoms with E-state index >= 15 is 4.39 Å². The Bertz CT molecular complexity index is 1480. The smallest absolute Gasteiger partial charge is 0.319 e. The van der Waals surface area contributed by atoms with E-state index in [9.17, 15) is 14.0 Å². The number of pyridine rings is 1. The van der Waals surface area contributed by atoms with E-state index in [4.69, 9.17) is 26.8 Å². The van der Waals surface area contributed by atoms with Crippen molar-refractivity contribution in [1.29, 1.82) is 0 Å². The summed E-state index contributed by atoms with van der Waals surface area (Å²) in [5, 5.41) is 7.27. The van der Waals surface area contributed by atoms with Gasteiger partial charge in [0.1, 0.15) is 16.5 Å². The Labute approximate surface area is 220 Å². The lowest BCUT2D eigenvalue weighted by Gasteiger charge is -2.15. The van der Waals surface area contributed by atoms with E-state index in [1.54, 1.807) is 0 Å². The van der Waals surface area contributed by atoms with Crippen LogP contribution in [-0.4, -0.2) is 43.3 Å². The number of nitrogens with zero attached hydrogens (tertiary/aromatic N) is 2. The number of hydrogen-bond donors (Lipinski definition) is 4. The molecule has 13 heteroatoms. The number of nitrogens with two attached hydrogens (primary N) is 1. The highest BCUT2D eigenvalue weighted by molar-refractivity contribution is 6.34. The van der Waals surface area contributed by atoms with Crippen LogP contribution in [-0.2, 0) is 0 Å². The number of allylic oxidation sites excluding steroid dienone is 1. The SMILES string of the molecule is CN=CC(=CN)NC(=O)c1cc2c(Oc3c(F)cc(NC(=O)NC4CC4)c(Cl)c3F)ccnc2cc1OC. The number of carbonyl (C=O) groups excluding carboxylic acids is 2. The van der Waals surface area contributed by atoms with Crippen molar-refractivity contribution in [3.63, 3.8) is 0 Å². The Kier molecular flexibility index (Phi) is 7.91. The predicted molar refractivity (Wildman–Crippen MR) is 139 cm³/mol. The summed E-state index contributed by atoms with van der Waals surface area (Å²) in [7, 11) is 2.89. The van der Waals surface area contributed by atoms with E-state index < -0.39 is 34.3 Å². The van der Waals surface area contributed by atoms with Gasteiger partial charge in [0, 0.05) is 49.2 Å². The highest BCUT2D eigenvalue weighted by Crippen LogP contribution is 2.39. The molecule has 0 spiro atoms. The highest BCUT2D eigenvalue weighted by atomic mass is 35.5. The molecule has 198 valence electrons. The van der Waals surface area contributed by atoms with Crippen LogP contribution in [0.1, 0.15) is 23.2 Å². The minimum absolute atomic E-state index is 0.0162. The van der Waals surface area contributed by atoms with Crippen molar-refractivity contribution < 1.29 is 27.8 Å². The van der Waals surface area contributed by atoms with Gasteiger partial charge in [0.25, 0.3) is 5.91 Å². The van der Waals surface area contributed by atoms with Crippen LogP contribution < -0.4 is 31.2 Å². The van der Waals surface area contributed by atoms with Gasteiger partial charge in [-0.25, -0.2) is 13.6 Å². The zero-order valence-electron chi connectivity index (χ0n) is 20.3. The van der Waals surface area contributed by atoms with Gasteiger partial charge in [-0.15, -0.1) is 0 Å². The molecule has 5 N–H and O–H groups in total. The minimum Gasteiger partial charge on any atom is -0.496 e. The fourth-order valence-electron chi connectivity index (χ4n) is 3.48. The molecule has 1 saturated carbocycles. The number of methoxy groups -OCH3 is 1. The molecule has 1 fully saturated rings. The highest BCUT2D eigenvalue weighted by Gasteiger charge is 2.26. The number of fused-ring (bicyclic) bond motifs is 1. The van der Waals surface area contributed by atoms with Crippen LogP contribution >= 0.6 is 11.6 Å². The van der Waals surface area contributed by atoms with Crippen LogP contribution in [0.5, 0.6) is 17.2 Å². The van der Waals surface area contributed by atoms with Gasteiger partial charge in [-0.2, -0.15) is 0 Å². The Balaban J connectivity index is 1.69. The summed E-state index contributed by atoms with van der Waals surface area (Å²) >= 11 is 6.07. The average Bonchev–Trinajstić information content (AvgIpc) is 3.72. The van der Waals surface area contributed by atoms with Crippen molar-refractivity contribution in [2.75, 3.05) is 19.5 Å². The molecule has 4 rings (SSSR count). The lowest BCUT2D eigenvalue weighted by Crippen LogP contribution is -2.30. The van der Waals surface area contributed by atoms with E-state index in [0.29, 0.717) is 5.52 Å². The van der Waals surface area contributed by atoms with Crippen molar-refractivity contribution in [2.24, 2.45) is 10.7 Å². The van der Waals surface area contributed by atoms with Crippen molar-refractivity contribution in [1.82, 2.24) is 15.6 Å². The first-order valence-corrected chi connectivity index (χ1v) is 11.7. The number of anilines is 1. The number of hydrogen-bond acceptors (Lipinski definition) is 7. The number of ether oxygens (including phenoxy) is 2. The zero-order chi connectivity index (χ0) is 27.4. The molecule has 0 radical (unpaired) electrons. The van der Waals surface area contributed by atoms with Crippen molar-refractivity contribution in [3.8, 4) is 17.2 Å². The maximum absolute atomic E-state index is 15.1. The Morgan fingerprint density at radius 3 is 2.66 bits per heavy atom. The molecule has 0 bridgehead atoms. The predicted octanol–water partition coefficient (Wildman–Crippen LogP) is 4.48. The van der Waals surface area contributed by atoms with E-state index in [2.05, 4.69) is 25.9 Å². The summed E-state index contributed by atoms with van der Waals surface area (Å²) in [5.41, 5.74) is 5.90. The Hall–Kier alpha value is -4.45. The number of amides is 3. The lowest BCUT2D eigenvalue weighted by atomic mass is 10.1. The fourth-order valence-corrected chi connectivity index (χ4v) is 3.67. The number of benzene rings is 2. The van der Waals surface area contributed by atoms with Crippen LogP contribution in [0, 0.1) is 11.6 Å². The second-order valence-electron chi connectivity index (χ2n) is 8.18. The second-order valence-corrected chi connectivity index (χ2v) is 8.56. The molecular formula is C25H23ClF2N6O4. The Morgan fingerprint density at radius 1 is 1.24 bits per heavy atom. The van der Waals surface area contributed by atoms with Crippen LogP contribution in [0.2, 0.25) is 5.02 Å². The fraction of sp³-hybridized carbons (Fsp3) is 0.200. The van der Waals surface area contributed by atoms with Crippen LogP contribution in [0.3, 0.4) is 0 Å². The molecule has 10 nitrogen and oxygen atoms in total. The van der Waals surface area contributed by atoms with Crippen molar-refractivity contribution >= 4 is 46.3 Å². The molecule has 0 saturated heterocycles. The van der Waals surface area contributed by atoms with E-state index in [1.807, 2.05) is 0 Å². The molecule has 1 aromatic heterocycles. The summed E-state index contributed by atoms with van der Waals surface area (Å²) in [6.45, 7) is 0. The first-order chi connectivity index (χ1) is 18.2. The molecule has 0 atom stereocenters. The monoisotopic (exact) mass is 544 g/mol. The maximum Gasteiger partial charge on any atom is 0.319 e. The normalized spacial score (nSPS) is 13.4. The Morgan fingerprint density at radius 2 is 2.00 bits per heavy atom. The van der Waals surface area contributed by atoms with Gasteiger partial charge >= 0.3 is 6.03 Å². The maximum atomic E-state index is 15.1. The molecular weight excluding hydrogens is 522 g/mol. The van der Waals surface area contributed by atoms with Crippen LogP contribution in [0.4, 0.5) is 19.3 Å². The number of carbonyl (C=O) groups is 2. The van der Waals surface area contributed by atoms with Gasteiger partial charge in [-0.1, -0.05) is 11.6 Å². The molecule has 38 heavy (non-hydrogen) atoms. The third kappa shape index (κ3) is 5.75. The molecule has 0 aliphatic heterocycles. The summed E-state index contributed by atoms with van der Waals surface area (Å²) < 4.78 is 41.0. The summed E-state index contributed by atoms with van der Waals surface area (Å²) in [4.78, 5) is 33.0. The van der Waals surface area contributed by atoms with Gasteiger partial charge in [-0.3, -0.25) is 14.8 Å². The number of aromatic nitrogens is 1. The van der Waals surface area contributed by atoms with Gasteiger partial charge < -0.3 is 31.2 Å². The number of halogens is 3. The minimum atomic E-state index is -1.22. The first kappa shape index (κ1) is 26.6. The molecule has 3 amide bonds. The molecule has 2 aromatic carbocycles. The molecule has 3 aromatic rings. The quantitative estimate of drug-likeness (QED) is 0.243. The van der Waals surface area contributed by atoms with Gasteiger partial charge in [0.05, 0.1) is 29.6 Å². The summed E-state index contributed by atoms with van der Waals surface area (Å²) in [6.07, 6.45) is 5.55. The third-order valence-corrected chi connectivity index (χ3v) is 5.83. The third-order valence-electron chi connectivity index (χ3n) is 5.46. The standard InChI is InChI=1S/C25H23ClF2N6O4/c1-30-11-13(10-29)32-24(35)15-7-14-17(9-20(15)37-2)31-6-5-19(14)38-23-16(27)8-18(21(26)22(23)28)34-25(36)33-12-3-4-12/h5-12H,3-4,29H2,1-2H3,(H,32,35)(H2,33,34,36). The largest absolute Gasteiger partial charge is 0.496 e. The molecule has 1 aliphatic carbocycles. The number of nitrogens with one attached hydrogen (secondary N) is 3. The number of rotatable bonds is 8. The lowest BCUT2D eigenvalue weighted by molar-refractivity contribution is 0.0965. The average molecular weight is 545 g/mol. The van der Waals surface area contributed by atoms with Crippen molar-refractivity contribution in [2.45, 2.75) is 18.9 Å². The molecule has 1 heterocycles. The number of urea groups is 1. The number of aliphatic imine (C=N–C) groups is 1. The second kappa shape index (κ2) is 11.3. The first-order valence-electron chi connectivity index (χ1n) is 11.3. The summed E-state index contributed by atoms with van der Waals surface area (Å²) in [5.74, 6) is -3.55. The molecule has 0 unspecified atom stereocenters. The van der Waals surface area contributed by atoms with Crippen LogP contribution in [0.15, 0.2) is 47.4 Å². The van der Waals surface area contributed by atoms with Gasteiger partial charge in [0.15, 0.2) is 17.4 Å². The van der Waals surface area contributed by atoms with Gasteiger partial charge in [-0.05, 0) is 25.0 Å². The zero-order valence-corrected chi connectivity index (χ0v) is 21.0. The van der Waals surface area contributed by atoms with Crippen molar-refractivity contribution in [3.05, 3.63) is 64.6 Å². The van der Waals surface area contributed by atoms with E-state index in [-0.39, 0.29) is 39.9 Å². The summed E-state index contributed by atoms with van der Waals surface area (Å²) in [6, 6.07) is 4.51.